The maximum Gasteiger partial charge on any atom is 0.0614 e. The van der Waals surface area contributed by atoms with Crippen molar-refractivity contribution in [2.24, 2.45) is 0 Å². The van der Waals surface area contributed by atoms with Gasteiger partial charge in [0.25, 0.3) is 0 Å². The monoisotopic (exact) mass is 170 g/mol. The molecule has 0 atom stereocenters. The third kappa shape index (κ3) is 7.80. The normalized spacial score (nSPS) is 12.1. The van der Waals surface area contributed by atoms with Crippen molar-refractivity contribution in [2.45, 2.75) is 52.4 Å². The number of aliphatic hydroxyl groups is 1. The molecular weight excluding hydrogens is 148 g/mol. The first-order valence-electron chi connectivity index (χ1n) is 5.07. The first-order valence-corrected chi connectivity index (χ1v) is 5.07. The van der Waals surface area contributed by atoms with Gasteiger partial charge in [0.2, 0.25) is 0 Å². The van der Waals surface area contributed by atoms with Crippen molar-refractivity contribution in [1.82, 2.24) is 0 Å². The Hall–Kier alpha value is -0.300. The van der Waals surface area contributed by atoms with Crippen LogP contribution in [0.15, 0.2) is 11.6 Å². The van der Waals surface area contributed by atoms with E-state index in [0.29, 0.717) is 0 Å². The van der Waals surface area contributed by atoms with Crippen LogP contribution in [0.3, 0.4) is 0 Å². The summed E-state index contributed by atoms with van der Waals surface area (Å²) in [6.45, 7) is 4.52. The van der Waals surface area contributed by atoms with Crippen LogP contribution in [-0.4, -0.2) is 11.7 Å². The lowest BCUT2D eigenvalue weighted by Crippen LogP contribution is -1.83. The fourth-order valence-electron chi connectivity index (χ4n) is 1.27. The molecule has 0 radical (unpaired) electrons. The quantitative estimate of drug-likeness (QED) is 0.459. The van der Waals surface area contributed by atoms with Gasteiger partial charge >= 0.3 is 0 Å². The van der Waals surface area contributed by atoms with Crippen LogP contribution in [0.1, 0.15) is 52.4 Å². The fourth-order valence-corrected chi connectivity index (χ4v) is 1.27. The second kappa shape index (κ2) is 8.79. The first kappa shape index (κ1) is 11.7. The zero-order chi connectivity index (χ0) is 9.23. The molecule has 0 unspecified atom stereocenters. The molecule has 0 rings (SSSR count). The summed E-state index contributed by atoms with van der Waals surface area (Å²) < 4.78 is 0. The fraction of sp³-hybridized carbons (Fsp3) is 0.818. The topological polar surface area (TPSA) is 20.2 Å². The smallest absolute Gasteiger partial charge is 0.0614 e. The van der Waals surface area contributed by atoms with E-state index in [1.807, 2.05) is 6.08 Å². The Morgan fingerprint density at radius 1 is 1.17 bits per heavy atom. The molecular formula is C11H22O. The van der Waals surface area contributed by atoms with Crippen LogP contribution < -0.4 is 0 Å². The summed E-state index contributed by atoms with van der Waals surface area (Å²) >= 11 is 0. The predicted molar refractivity (Wildman–Crippen MR) is 54.2 cm³/mol. The minimum atomic E-state index is 0.195. The van der Waals surface area contributed by atoms with Crippen molar-refractivity contribution in [1.29, 1.82) is 0 Å². The van der Waals surface area contributed by atoms with Crippen molar-refractivity contribution >= 4 is 0 Å². The van der Waals surface area contributed by atoms with Crippen LogP contribution in [0.2, 0.25) is 0 Å². The van der Waals surface area contributed by atoms with E-state index in [1.54, 1.807) is 0 Å². The number of aliphatic hydroxyl groups excluding tert-OH is 1. The maximum absolute atomic E-state index is 8.60. The molecule has 0 amide bonds. The van der Waals surface area contributed by atoms with Crippen molar-refractivity contribution in [3.63, 3.8) is 0 Å². The van der Waals surface area contributed by atoms with E-state index in [4.69, 9.17) is 5.11 Å². The van der Waals surface area contributed by atoms with Gasteiger partial charge in [-0.3, -0.25) is 0 Å². The molecule has 1 heteroatoms. The molecule has 0 aliphatic rings. The Kier molecular flexibility index (Phi) is 8.57. The number of allylic oxidation sites excluding steroid dienone is 1. The van der Waals surface area contributed by atoms with Crippen molar-refractivity contribution in [3.8, 4) is 0 Å². The zero-order valence-corrected chi connectivity index (χ0v) is 8.47. The van der Waals surface area contributed by atoms with E-state index in [1.165, 1.54) is 37.7 Å². The molecule has 0 bridgehead atoms. The van der Waals surface area contributed by atoms with Crippen LogP contribution in [0.5, 0.6) is 0 Å². The molecule has 0 heterocycles. The highest BCUT2D eigenvalue weighted by Crippen LogP contribution is 2.09. The Bertz CT molecular complexity index is 116. The summed E-state index contributed by atoms with van der Waals surface area (Å²) in [7, 11) is 0. The van der Waals surface area contributed by atoms with Gasteiger partial charge in [-0.1, -0.05) is 44.3 Å². The van der Waals surface area contributed by atoms with Crippen molar-refractivity contribution < 1.29 is 5.11 Å². The zero-order valence-electron chi connectivity index (χ0n) is 8.47. The molecule has 0 fully saturated rings. The molecule has 12 heavy (non-hydrogen) atoms. The van der Waals surface area contributed by atoms with Gasteiger partial charge in [0, 0.05) is 0 Å². The van der Waals surface area contributed by atoms with Gasteiger partial charge in [-0.15, -0.1) is 0 Å². The average Bonchev–Trinajstić information content (AvgIpc) is 2.05. The van der Waals surface area contributed by atoms with Crippen LogP contribution in [0.4, 0.5) is 0 Å². The van der Waals surface area contributed by atoms with Crippen LogP contribution in [0, 0.1) is 0 Å². The van der Waals surface area contributed by atoms with E-state index in [9.17, 15) is 0 Å². The third-order valence-corrected chi connectivity index (χ3v) is 2.11. The number of hydrogen-bond donors (Lipinski definition) is 1. The summed E-state index contributed by atoms with van der Waals surface area (Å²) in [5.74, 6) is 0. The standard InChI is InChI=1S/C11H22O/c1-3-4-5-6-7-8-11(2)9-10-12/h9,12H,3-8,10H2,1-2H3/b11-9+. The Morgan fingerprint density at radius 3 is 2.42 bits per heavy atom. The van der Waals surface area contributed by atoms with Gasteiger partial charge in [0.15, 0.2) is 0 Å². The van der Waals surface area contributed by atoms with Gasteiger partial charge in [-0.25, -0.2) is 0 Å². The van der Waals surface area contributed by atoms with E-state index in [2.05, 4.69) is 13.8 Å². The summed E-state index contributed by atoms with van der Waals surface area (Å²) in [5.41, 5.74) is 1.33. The highest BCUT2D eigenvalue weighted by atomic mass is 16.2. The summed E-state index contributed by atoms with van der Waals surface area (Å²) in [6.07, 6.45) is 9.72. The predicted octanol–water partition coefficient (Wildman–Crippen LogP) is 3.29. The molecule has 0 aromatic rings. The van der Waals surface area contributed by atoms with E-state index >= 15 is 0 Å². The first-order chi connectivity index (χ1) is 5.81. The molecule has 0 aromatic heterocycles. The molecule has 0 aliphatic carbocycles. The second-order valence-corrected chi connectivity index (χ2v) is 3.40. The van der Waals surface area contributed by atoms with E-state index in [-0.39, 0.29) is 6.61 Å². The molecule has 1 nitrogen and oxygen atoms in total. The largest absolute Gasteiger partial charge is 0.392 e. The maximum atomic E-state index is 8.60. The van der Waals surface area contributed by atoms with Crippen LogP contribution in [0.25, 0.3) is 0 Å². The summed E-state index contributed by atoms with van der Waals surface area (Å²) in [6, 6.07) is 0. The van der Waals surface area contributed by atoms with Crippen LogP contribution >= 0.6 is 0 Å². The molecule has 0 spiro atoms. The molecule has 0 aliphatic heterocycles. The lowest BCUT2D eigenvalue weighted by molar-refractivity contribution is 0.341. The van der Waals surface area contributed by atoms with Crippen LogP contribution in [-0.2, 0) is 0 Å². The van der Waals surface area contributed by atoms with Gasteiger partial charge in [-0.2, -0.15) is 0 Å². The average molecular weight is 170 g/mol. The van der Waals surface area contributed by atoms with Crippen molar-refractivity contribution in [2.75, 3.05) is 6.61 Å². The Morgan fingerprint density at radius 2 is 1.83 bits per heavy atom. The lowest BCUT2D eigenvalue weighted by atomic mass is 10.1. The third-order valence-electron chi connectivity index (χ3n) is 2.11. The van der Waals surface area contributed by atoms with Gasteiger partial charge in [0.05, 0.1) is 6.61 Å². The minimum Gasteiger partial charge on any atom is -0.392 e. The second-order valence-electron chi connectivity index (χ2n) is 3.40. The summed E-state index contributed by atoms with van der Waals surface area (Å²) in [5, 5.41) is 8.60. The number of rotatable bonds is 7. The minimum absolute atomic E-state index is 0.195. The lowest BCUT2D eigenvalue weighted by Gasteiger charge is -2.00. The van der Waals surface area contributed by atoms with Gasteiger partial charge in [0.1, 0.15) is 0 Å². The van der Waals surface area contributed by atoms with Crippen molar-refractivity contribution in [3.05, 3.63) is 11.6 Å². The number of unbranched alkanes of at least 4 members (excludes halogenated alkanes) is 4. The van der Waals surface area contributed by atoms with Gasteiger partial charge < -0.3 is 5.11 Å². The summed E-state index contributed by atoms with van der Waals surface area (Å²) in [4.78, 5) is 0. The van der Waals surface area contributed by atoms with Gasteiger partial charge in [-0.05, 0) is 19.8 Å². The SMILES string of the molecule is CCCCCCC/C(C)=C/CO. The molecule has 0 saturated carbocycles. The molecule has 0 saturated heterocycles. The van der Waals surface area contributed by atoms with E-state index < -0.39 is 0 Å². The highest BCUT2D eigenvalue weighted by Gasteiger charge is 1.90. The highest BCUT2D eigenvalue weighted by molar-refractivity contribution is 4.97. The molecule has 1 N–H and O–H groups in total. The number of hydrogen-bond acceptors (Lipinski definition) is 1. The van der Waals surface area contributed by atoms with E-state index in [0.717, 1.165) is 6.42 Å². The molecule has 72 valence electrons. The molecule has 0 aromatic carbocycles. The Balaban J connectivity index is 3.14. The Labute approximate surface area is 76.5 Å².